The summed E-state index contributed by atoms with van der Waals surface area (Å²) in [5, 5.41) is 13.2. The first-order chi connectivity index (χ1) is 21.2. The largest absolute Gasteiger partial charge is 0.466 e. The van der Waals surface area contributed by atoms with Crippen LogP contribution in [0.5, 0.6) is 0 Å². The summed E-state index contributed by atoms with van der Waals surface area (Å²) in [6.07, 6.45) is 5.71. The van der Waals surface area contributed by atoms with Crippen molar-refractivity contribution in [3.8, 4) is 0 Å². The lowest BCUT2D eigenvalue weighted by molar-refractivity contribution is -0.148. The first-order valence-corrected chi connectivity index (χ1v) is 23.4. The Morgan fingerprint density at radius 1 is 0.674 bits per heavy atom. The highest BCUT2D eigenvalue weighted by atomic mass is 28.4. The van der Waals surface area contributed by atoms with Gasteiger partial charge in [0.2, 0.25) is 8.32 Å². The minimum Gasteiger partial charge on any atom is -0.466 e. The van der Waals surface area contributed by atoms with Crippen LogP contribution in [0.3, 0.4) is 0 Å². The normalized spacial score (nSPS) is 16.0. The van der Waals surface area contributed by atoms with Gasteiger partial charge in [-0.1, -0.05) is 27.0 Å². The van der Waals surface area contributed by atoms with Gasteiger partial charge in [-0.2, -0.15) is 0 Å². The fourth-order valence-corrected chi connectivity index (χ4v) is 13.2. The standard InChI is InChI=1S/C33H66B2N4O5Si2/c1-24(18-19-36-26(3)14-16-28(5)38-30(7)34)32(40)42-20-13-21-45(9,10)44-46(11,12)23-43-33(41)25(2)22-37-27(4)15-17-29(6)39-31(8)35/h24-29,36-39H,7-8,13-23H2,1-6,9-12H3. The lowest BCUT2D eigenvalue weighted by Gasteiger charge is -2.33. The summed E-state index contributed by atoms with van der Waals surface area (Å²) in [7, 11) is 6.95. The number of hydrogen-bond donors (Lipinski definition) is 4. The zero-order valence-corrected chi connectivity index (χ0v) is 32.9. The SMILES string of the molecule is [B]C(=C)NC(C)CCC(C)NCCC(C)C(=O)OCCC[Si](C)(C)O[Si](C)(C)COC(=O)C(C)CNC(C)CCC(C)NC([B])=C. The van der Waals surface area contributed by atoms with Crippen LogP contribution in [0.15, 0.2) is 24.4 Å². The van der Waals surface area contributed by atoms with Crippen LogP contribution in [0.2, 0.25) is 32.2 Å². The molecule has 0 aliphatic carbocycles. The van der Waals surface area contributed by atoms with Gasteiger partial charge >= 0.3 is 11.9 Å². The van der Waals surface area contributed by atoms with E-state index in [2.05, 4.69) is 88.3 Å². The summed E-state index contributed by atoms with van der Waals surface area (Å²) in [4.78, 5) is 25.2. The van der Waals surface area contributed by atoms with Gasteiger partial charge in [0, 0.05) is 30.7 Å². The van der Waals surface area contributed by atoms with E-state index in [1.165, 1.54) is 0 Å². The summed E-state index contributed by atoms with van der Waals surface area (Å²) in [5.41, 5.74) is 0.974. The molecule has 0 aromatic rings. The van der Waals surface area contributed by atoms with E-state index in [0.29, 0.717) is 36.6 Å². The third-order valence-electron chi connectivity index (χ3n) is 7.86. The molecule has 0 bridgehead atoms. The van der Waals surface area contributed by atoms with Crippen LogP contribution in [0.1, 0.15) is 80.1 Å². The van der Waals surface area contributed by atoms with Gasteiger partial charge in [0.15, 0.2) is 8.32 Å². The van der Waals surface area contributed by atoms with Crippen molar-refractivity contribution in [1.82, 2.24) is 21.3 Å². The lowest BCUT2D eigenvalue weighted by Crippen LogP contribution is -2.48. The number of carbonyl (C=O) groups excluding carboxylic acids is 2. The highest BCUT2D eigenvalue weighted by Gasteiger charge is 2.34. The fraction of sp³-hybridized carbons (Fsp3) is 0.818. The first kappa shape index (κ1) is 44.5. The number of carbonyl (C=O) groups is 2. The van der Waals surface area contributed by atoms with Gasteiger partial charge in [-0.05, 0) is 116 Å². The fourth-order valence-electron chi connectivity index (χ4n) is 5.14. The van der Waals surface area contributed by atoms with Gasteiger partial charge in [0.25, 0.3) is 0 Å². The number of hydrogen-bond acceptors (Lipinski definition) is 9. The summed E-state index contributed by atoms with van der Waals surface area (Å²) in [6, 6.07) is 2.02. The van der Waals surface area contributed by atoms with Crippen molar-refractivity contribution in [2.45, 2.75) is 136 Å². The molecule has 0 amide bonds. The van der Waals surface area contributed by atoms with Crippen molar-refractivity contribution in [2.24, 2.45) is 11.8 Å². The summed E-state index contributed by atoms with van der Waals surface area (Å²) in [6.45, 7) is 29.9. The van der Waals surface area contributed by atoms with Crippen molar-refractivity contribution in [1.29, 1.82) is 0 Å². The molecule has 0 saturated carbocycles. The Balaban J connectivity index is 4.29. The molecule has 0 aromatic heterocycles. The van der Waals surface area contributed by atoms with Gasteiger partial charge in [0.05, 0.1) is 18.4 Å². The number of esters is 2. The van der Waals surface area contributed by atoms with Crippen molar-refractivity contribution >= 4 is 44.3 Å². The number of ether oxygens (including phenoxy) is 2. The van der Waals surface area contributed by atoms with Gasteiger partial charge in [-0.3, -0.25) is 9.59 Å². The third-order valence-corrected chi connectivity index (χ3v) is 14.7. The molecule has 4 N–H and O–H groups in total. The van der Waals surface area contributed by atoms with E-state index in [1.54, 1.807) is 0 Å². The van der Waals surface area contributed by atoms with Crippen molar-refractivity contribution in [3.05, 3.63) is 24.4 Å². The molecule has 9 nitrogen and oxygen atoms in total. The van der Waals surface area contributed by atoms with Crippen LogP contribution < -0.4 is 21.3 Å². The second-order valence-corrected chi connectivity index (χ2v) is 23.2. The van der Waals surface area contributed by atoms with E-state index in [0.717, 1.165) is 51.1 Å². The maximum atomic E-state index is 12.7. The Labute approximate surface area is 286 Å². The molecule has 262 valence electrons. The highest BCUT2D eigenvalue weighted by Crippen LogP contribution is 2.21. The Hall–Kier alpha value is -1.54. The molecule has 4 radical (unpaired) electrons. The number of nitrogens with one attached hydrogen (secondary N) is 4. The van der Waals surface area contributed by atoms with Gasteiger partial charge in [0.1, 0.15) is 21.9 Å². The summed E-state index contributed by atoms with van der Waals surface area (Å²) in [5.74, 6) is -0.766. The van der Waals surface area contributed by atoms with Crippen LogP contribution in [-0.2, 0) is 23.2 Å². The summed E-state index contributed by atoms with van der Waals surface area (Å²) < 4.78 is 17.9. The van der Waals surface area contributed by atoms with E-state index in [4.69, 9.17) is 29.3 Å². The van der Waals surface area contributed by atoms with E-state index < -0.39 is 16.6 Å². The van der Waals surface area contributed by atoms with Gasteiger partial charge in [-0.25, -0.2) is 0 Å². The zero-order chi connectivity index (χ0) is 35.5. The zero-order valence-electron chi connectivity index (χ0n) is 30.9. The topological polar surface area (TPSA) is 110 Å². The Kier molecular flexibility index (Phi) is 22.2. The van der Waals surface area contributed by atoms with Crippen molar-refractivity contribution in [3.63, 3.8) is 0 Å². The molecule has 0 saturated heterocycles. The quantitative estimate of drug-likeness (QED) is 0.0552. The molecule has 0 aliphatic rings. The maximum absolute atomic E-state index is 12.7. The average molecular weight is 677 g/mol. The molecule has 0 aromatic carbocycles. The highest BCUT2D eigenvalue weighted by molar-refractivity contribution is 6.84. The van der Waals surface area contributed by atoms with E-state index >= 15 is 0 Å². The summed E-state index contributed by atoms with van der Waals surface area (Å²) >= 11 is 0. The van der Waals surface area contributed by atoms with E-state index in [1.807, 2.05) is 13.8 Å². The maximum Gasteiger partial charge on any atom is 0.309 e. The minimum atomic E-state index is -2.23. The van der Waals surface area contributed by atoms with Gasteiger partial charge < -0.3 is 34.9 Å². The average Bonchev–Trinajstić information content (AvgIpc) is 2.93. The first-order valence-electron chi connectivity index (χ1n) is 17.1. The van der Waals surface area contributed by atoms with Crippen LogP contribution in [-0.4, -0.2) is 94.4 Å². The third kappa shape index (κ3) is 23.7. The smallest absolute Gasteiger partial charge is 0.309 e. The molecule has 0 aliphatic heterocycles. The van der Waals surface area contributed by atoms with Crippen LogP contribution in [0, 0.1) is 11.8 Å². The molecule has 6 unspecified atom stereocenters. The second-order valence-electron chi connectivity index (χ2n) is 14.6. The lowest BCUT2D eigenvalue weighted by atomic mass is 10.0. The predicted molar refractivity (Wildman–Crippen MR) is 199 cm³/mol. The van der Waals surface area contributed by atoms with Crippen LogP contribution in [0.4, 0.5) is 0 Å². The van der Waals surface area contributed by atoms with E-state index in [-0.39, 0.29) is 41.9 Å². The molecular weight excluding hydrogens is 610 g/mol. The molecular formula is C33H66B2N4O5Si2. The molecule has 0 heterocycles. The Morgan fingerprint density at radius 2 is 1.15 bits per heavy atom. The van der Waals surface area contributed by atoms with Crippen LogP contribution in [0.25, 0.3) is 0 Å². The molecule has 6 atom stereocenters. The molecule has 0 rings (SSSR count). The second kappa shape index (κ2) is 22.9. The van der Waals surface area contributed by atoms with Gasteiger partial charge in [-0.15, -0.1) is 0 Å². The molecule has 46 heavy (non-hydrogen) atoms. The predicted octanol–water partition coefficient (Wildman–Crippen LogP) is 4.84. The number of rotatable bonds is 27. The molecule has 13 heteroatoms. The van der Waals surface area contributed by atoms with E-state index in [9.17, 15) is 9.59 Å². The minimum absolute atomic E-state index is 0.154. The van der Waals surface area contributed by atoms with Crippen LogP contribution >= 0.6 is 0 Å². The monoisotopic (exact) mass is 676 g/mol. The van der Waals surface area contributed by atoms with Crippen molar-refractivity contribution < 1.29 is 23.2 Å². The molecule has 0 fully saturated rings. The molecule has 0 spiro atoms. The Bertz CT molecular complexity index is 928. The van der Waals surface area contributed by atoms with Crippen molar-refractivity contribution in [2.75, 3.05) is 25.9 Å². The Morgan fingerprint density at radius 3 is 1.67 bits per heavy atom.